The SMILES string of the molecule is C[C@H]1CN(C(=O)c2oc(-c3ccccn3)nc2C2CC2)[C@H](c2cc3ccccc3cn2)c2[nH]cnc21. The summed E-state index contributed by atoms with van der Waals surface area (Å²) in [6, 6.07) is 15.3. The van der Waals surface area contributed by atoms with Gasteiger partial charge < -0.3 is 14.3 Å². The van der Waals surface area contributed by atoms with Gasteiger partial charge in [-0.05, 0) is 36.4 Å². The first-order chi connectivity index (χ1) is 17.7. The number of imidazole rings is 1. The van der Waals surface area contributed by atoms with Gasteiger partial charge in [0.1, 0.15) is 11.7 Å². The molecule has 1 aromatic carbocycles. The van der Waals surface area contributed by atoms with Gasteiger partial charge in [-0.1, -0.05) is 37.3 Å². The van der Waals surface area contributed by atoms with E-state index in [2.05, 4.69) is 34.0 Å². The van der Waals surface area contributed by atoms with Gasteiger partial charge in [-0.15, -0.1) is 0 Å². The Balaban J connectivity index is 1.35. The van der Waals surface area contributed by atoms with Gasteiger partial charge in [-0.3, -0.25) is 14.8 Å². The number of amides is 1. The zero-order valence-electron chi connectivity index (χ0n) is 19.8. The smallest absolute Gasteiger partial charge is 0.292 e. The summed E-state index contributed by atoms with van der Waals surface area (Å²) in [7, 11) is 0. The molecule has 8 heteroatoms. The highest BCUT2D eigenvalue weighted by atomic mass is 16.4. The molecule has 7 rings (SSSR count). The maximum Gasteiger partial charge on any atom is 0.292 e. The Hall–Kier alpha value is -4.33. The Bertz CT molecular complexity index is 1590. The van der Waals surface area contributed by atoms with Crippen LogP contribution in [-0.2, 0) is 0 Å². The Morgan fingerprint density at radius 2 is 1.86 bits per heavy atom. The highest BCUT2D eigenvalue weighted by molar-refractivity contribution is 5.94. The van der Waals surface area contributed by atoms with Gasteiger partial charge in [0.25, 0.3) is 5.91 Å². The van der Waals surface area contributed by atoms with E-state index in [1.807, 2.05) is 47.5 Å². The third kappa shape index (κ3) is 3.40. The van der Waals surface area contributed by atoms with Crippen molar-refractivity contribution < 1.29 is 9.21 Å². The first-order valence-corrected chi connectivity index (χ1v) is 12.3. The van der Waals surface area contributed by atoms with Gasteiger partial charge in [0.05, 0.1) is 29.1 Å². The average Bonchev–Trinajstić information content (AvgIpc) is 3.46. The lowest BCUT2D eigenvalue weighted by Crippen LogP contribution is -2.42. The minimum absolute atomic E-state index is 0.0643. The lowest BCUT2D eigenvalue weighted by molar-refractivity contribution is 0.0636. The van der Waals surface area contributed by atoms with Crippen molar-refractivity contribution in [1.29, 1.82) is 0 Å². The molecule has 8 nitrogen and oxygen atoms in total. The van der Waals surface area contributed by atoms with Crippen molar-refractivity contribution in [2.45, 2.75) is 37.6 Å². The molecule has 1 aliphatic carbocycles. The summed E-state index contributed by atoms with van der Waals surface area (Å²) in [6.45, 7) is 2.59. The van der Waals surface area contributed by atoms with Gasteiger partial charge in [-0.2, -0.15) is 0 Å². The molecule has 36 heavy (non-hydrogen) atoms. The number of benzene rings is 1. The molecule has 1 amide bonds. The van der Waals surface area contributed by atoms with Crippen molar-refractivity contribution in [2.24, 2.45) is 0 Å². The number of rotatable bonds is 4. The van der Waals surface area contributed by atoms with E-state index in [9.17, 15) is 4.79 Å². The number of fused-ring (bicyclic) bond motifs is 2. The topological polar surface area (TPSA) is 101 Å². The van der Waals surface area contributed by atoms with E-state index in [0.29, 0.717) is 23.9 Å². The predicted octanol–water partition coefficient (Wildman–Crippen LogP) is 5.23. The van der Waals surface area contributed by atoms with Gasteiger partial charge in [-0.25, -0.2) is 9.97 Å². The molecule has 0 unspecified atom stereocenters. The molecule has 0 bridgehead atoms. The molecule has 5 heterocycles. The Labute approximate surface area is 207 Å². The maximum absolute atomic E-state index is 14.2. The van der Waals surface area contributed by atoms with Crippen molar-refractivity contribution in [3.8, 4) is 11.6 Å². The minimum atomic E-state index is -0.411. The summed E-state index contributed by atoms with van der Waals surface area (Å²) in [5.41, 5.74) is 4.00. The molecule has 0 saturated heterocycles. The van der Waals surface area contributed by atoms with Crippen LogP contribution in [-0.4, -0.2) is 42.3 Å². The Morgan fingerprint density at radius 3 is 2.67 bits per heavy atom. The van der Waals surface area contributed by atoms with E-state index in [4.69, 9.17) is 14.4 Å². The van der Waals surface area contributed by atoms with Crippen molar-refractivity contribution in [2.75, 3.05) is 6.54 Å². The highest BCUT2D eigenvalue weighted by Crippen LogP contribution is 2.44. The van der Waals surface area contributed by atoms with Gasteiger partial charge >= 0.3 is 0 Å². The average molecular weight is 477 g/mol. The number of nitrogens with one attached hydrogen (secondary N) is 1. The van der Waals surface area contributed by atoms with Crippen molar-refractivity contribution >= 4 is 16.7 Å². The van der Waals surface area contributed by atoms with Crippen molar-refractivity contribution in [1.82, 2.24) is 29.8 Å². The molecule has 2 atom stereocenters. The molecular weight excluding hydrogens is 452 g/mol. The largest absolute Gasteiger partial charge is 0.429 e. The second-order valence-corrected chi connectivity index (χ2v) is 9.64. The fourth-order valence-electron chi connectivity index (χ4n) is 5.18. The number of nitrogens with zero attached hydrogens (tertiary/aromatic N) is 5. The van der Waals surface area contributed by atoms with Crippen LogP contribution in [0, 0.1) is 0 Å². The minimum Gasteiger partial charge on any atom is -0.429 e. The molecule has 5 aromatic rings. The Kier molecular flexibility index (Phi) is 4.73. The van der Waals surface area contributed by atoms with E-state index in [-0.39, 0.29) is 17.7 Å². The standard InChI is InChI=1S/C28H24N6O2/c1-16-14-34(28(35)26-23(17-9-10-17)33-27(36-26)20-8-4-5-11-29-20)25(24-22(16)31-15-32-24)21-12-18-6-2-3-7-19(18)13-30-21/h2-8,11-13,15-17,25H,9-10,14H2,1H3,(H,31,32)/t16-,25+/m0/s1. The molecule has 1 fully saturated rings. The third-order valence-corrected chi connectivity index (χ3v) is 7.11. The lowest BCUT2D eigenvalue weighted by Gasteiger charge is -2.37. The van der Waals surface area contributed by atoms with Crippen LogP contribution in [0.4, 0.5) is 0 Å². The summed E-state index contributed by atoms with van der Waals surface area (Å²) in [5, 5.41) is 2.13. The number of pyridine rings is 2. The van der Waals surface area contributed by atoms with E-state index in [0.717, 1.165) is 46.4 Å². The fourth-order valence-corrected chi connectivity index (χ4v) is 5.18. The lowest BCUT2D eigenvalue weighted by atomic mass is 9.92. The second-order valence-electron chi connectivity index (χ2n) is 9.64. The summed E-state index contributed by atoms with van der Waals surface area (Å²) < 4.78 is 6.17. The number of oxazole rings is 1. The number of hydrogen-bond donors (Lipinski definition) is 1. The van der Waals surface area contributed by atoms with Crippen molar-refractivity contribution in [3.63, 3.8) is 0 Å². The quantitative estimate of drug-likeness (QED) is 0.381. The summed E-state index contributed by atoms with van der Waals surface area (Å²) in [6.07, 6.45) is 7.28. The summed E-state index contributed by atoms with van der Waals surface area (Å²) >= 11 is 0. The third-order valence-electron chi connectivity index (χ3n) is 7.11. The van der Waals surface area contributed by atoms with Crippen molar-refractivity contribution in [3.05, 3.63) is 95.8 Å². The number of aromatic amines is 1. The zero-order valence-corrected chi connectivity index (χ0v) is 19.8. The molecule has 2 aliphatic rings. The predicted molar refractivity (Wildman–Crippen MR) is 133 cm³/mol. The molecule has 4 aromatic heterocycles. The van der Waals surface area contributed by atoms with Crippen LogP contribution in [0.25, 0.3) is 22.4 Å². The molecule has 1 N–H and O–H groups in total. The maximum atomic E-state index is 14.2. The van der Waals surface area contributed by atoms with Crippen LogP contribution in [0.5, 0.6) is 0 Å². The van der Waals surface area contributed by atoms with Crippen LogP contribution in [0.3, 0.4) is 0 Å². The van der Waals surface area contributed by atoms with Gasteiger partial charge in [0, 0.05) is 36.2 Å². The van der Waals surface area contributed by atoms with Crippen LogP contribution in [0.1, 0.15) is 71.0 Å². The zero-order chi connectivity index (χ0) is 24.2. The number of carbonyl (C=O) groups excluding carboxylic acids is 1. The molecular formula is C28H24N6O2. The Morgan fingerprint density at radius 1 is 1.03 bits per heavy atom. The monoisotopic (exact) mass is 476 g/mol. The molecule has 0 radical (unpaired) electrons. The first-order valence-electron chi connectivity index (χ1n) is 12.3. The van der Waals surface area contributed by atoms with Crippen LogP contribution < -0.4 is 0 Å². The van der Waals surface area contributed by atoms with Crippen LogP contribution in [0.2, 0.25) is 0 Å². The molecule has 0 spiro atoms. The van der Waals surface area contributed by atoms with E-state index in [1.165, 1.54) is 0 Å². The van der Waals surface area contributed by atoms with Crippen LogP contribution in [0.15, 0.2) is 71.7 Å². The molecule has 1 saturated carbocycles. The van der Waals surface area contributed by atoms with Crippen LogP contribution >= 0.6 is 0 Å². The van der Waals surface area contributed by atoms with Gasteiger partial charge in [0.15, 0.2) is 0 Å². The summed E-state index contributed by atoms with van der Waals surface area (Å²) in [5.74, 6) is 0.813. The normalized spacial score (nSPS) is 19.4. The van der Waals surface area contributed by atoms with Gasteiger partial charge in [0.2, 0.25) is 11.7 Å². The highest BCUT2D eigenvalue weighted by Gasteiger charge is 2.42. The molecule has 1 aliphatic heterocycles. The van der Waals surface area contributed by atoms with E-state index in [1.54, 1.807) is 12.5 Å². The second kappa shape index (κ2) is 8.12. The first kappa shape index (κ1) is 21.0. The number of H-pyrrole nitrogens is 1. The number of carbonyl (C=O) groups is 1. The van der Waals surface area contributed by atoms with E-state index >= 15 is 0 Å². The number of hydrogen-bond acceptors (Lipinski definition) is 6. The molecule has 178 valence electrons. The summed E-state index contributed by atoms with van der Waals surface area (Å²) in [4.78, 5) is 37.9. The fraction of sp³-hybridized carbons (Fsp3) is 0.250. The van der Waals surface area contributed by atoms with E-state index < -0.39 is 6.04 Å². The number of aromatic nitrogens is 5.